The standard InChI is InChI=1S/C21H20O5/c1-3-25-18-10-9-13(11-19(18)26-4-2)20(23)16-12-17(22)14-7-5-6-8-15(14)21(16)24/h5-12,20,23H,3-4H2,1-2H3/t20-/m1/s1. The van der Waals surface area contributed by atoms with Crippen LogP contribution in [0, 0.1) is 0 Å². The number of rotatable bonds is 6. The fourth-order valence-corrected chi connectivity index (χ4v) is 2.96. The molecule has 5 heteroatoms. The van der Waals surface area contributed by atoms with Gasteiger partial charge in [0.1, 0.15) is 6.10 Å². The predicted octanol–water partition coefficient (Wildman–Crippen LogP) is 3.52. The predicted molar refractivity (Wildman–Crippen MR) is 96.9 cm³/mol. The van der Waals surface area contributed by atoms with E-state index in [1.807, 2.05) is 13.8 Å². The van der Waals surface area contributed by atoms with Crippen LogP contribution in [0.25, 0.3) is 0 Å². The third-order valence-corrected chi connectivity index (χ3v) is 4.16. The smallest absolute Gasteiger partial charge is 0.192 e. The Balaban J connectivity index is 1.97. The van der Waals surface area contributed by atoms with Crippen LogP contribution in [0.15, 0.2) is 54.1 Å². The van der Waals surface area contributed by atoms with Gasteiger partial charge in [0.15, 0.2) is 23.1 Å². The normalized spacial score (nSPS) is 14.5. The Hall–Kier alpha value is -2.92. The van der Waals surface area contributed by atoms with Crippen molar-refractivity contribution in [3.8, 4) is 11.5 Å². The molecule has 2 aromatic rings. The fourth-order valence-electron chi connectivity index (χ4n) is 2.96. The number of hydrogen-bond acceptors (Lipinski definition) is 5. The average Bonchev–Trinajstić information content (AvgIpc) is 2.66. The van der Waals surface area contributed by atoms with Crippen LogP contribution in [0.2, 0.25) is 0 Å². The summed E-state index contributed by atoms with van der Waals surface area (Å²) in [7, 11) is 0. The molecular weight excluding hydrogens is 332 g/mol. The fraction of sp³-hybridized carbons (Fsp3) is 0.238. The van der Waals surface area contributed by atoms with Crippen molar-refractivity contribution in [2.24, 2.45) is 0 Å². The lowest BCUT2D eigenvalue weighted by molar-refractivity contribution is 0.0946. The van der Waals surface area contributed by atoms with Gasteiger partial charge in [0.05, 0.1) is 13.2 Å². The van der Waals surface area contributed by atoms with E-state index in [0.717, 1.165) is 0 Å². The molecule has 3 rings (SSSR count). The van der Waals surface area contributed by atoms with Crippen LogP contribution in [0.1, 0.15) is 46.2 Å². The zero-order valence-corrected chi connectivity index (χ0v) is 14.7. The van der Waals surface area contributed by atoms with E-state index in [4.69, 9.17) is 9.47 Å². The summed E-state index contributed by atoms with van der Waals surface area (Å²) < 4.78 is 11.1. The first kappa shape index (κ1) is 17.9. The number of carbonyl (C=O) groups is 2. The second kappa shape index (κ2) is 7.54. The number of fused-ring (bicyclic) bond motifs is 1. The number of aliphatic hydroxyl groups is 1. The highest BCUT2D eigenvalue weighted by Gasteiger charge is 2.30. The molecule has 0 aliphatic heterocycles. The summed E-state index contributed by atoms with van der Waals surface area (Å²) in [6, 6.07) is 11.6. The summed E-state index contributed by atoms with van der Waals surface area (Å²) in [5, 5.41) is 10.7. The van der Waals surface area contributed by atoms with Crippen LogP contribution in [0.3, 0.4) is 0 Å². The Kier molecular flexibility index (Phi) is 5.19. The number of ketones is 2. The first-order valence-electron chi connectivity index (χ1n) is 8.54. The zero-order valence-electron chi connectivity index (χ0n) is 14.7. The average molecular weight is 352 g/mol. The highest BCUT2D eigenvalue weighted by molar-refractivity contribution is 6.24. The molecule has 134 valence electrons. The van der Waals surface area contributed by atoms with Gasteiger partial charge in [-0.3, -0.25) is 9.59 Å². The second-order valence-corrected chi connectivity index (χ2v) is 5.81. The summed E-state index contributed by atoms with van der Waals surface area (Å²) in [5.41, 5.74) is 1.18. The van der Waals surface area contributed by atoms with E-state index in [1.165, 1.54) is 6.08 Å². The monoisotopic (exact) mass is 352 g/mol. The second-order valence-electron chi connectivity index (χ2n) is 5.81. The maximum absolute atomic E-state index is 12.7. The lowest BCUT2D eigenvalue weighted by Crippen LogP contribution is -2.21. The number of Topliss-reactive ketones (excluding diaryl/α,β-unsaturated/α-hetero) is 1. The SMILES string of the molecule is CCOc1ccc([C@@H](O)C2=CC(=O)c3ccccc3C2=O)cc1OCC. The van der Waals surface area contributed by atoms with Gasteiger partial charge in [-0.15, -0.1) is 0 Å². The molecule has 1 N–H and O–H groups in total. The molecule has 2 aromatic carbocycles. The van der Waals surface area contributed by atoms with Crippen molar-refractivity contribution in [2.75, 3.05) is 13.2 Å². The number of allylic oxidation sites excluding steroid dienone is 1. The van der Waals surface area contributed by atoms with Gasteiger partial charge in [-0.2, -0.15) is 0 Å². The number of aliphatic hydroxyl groups excluding tert-OH is 1. The van der Waals surface area contributed by atoms with E-state index in [-0.39, 0.29) is 17.1 Å². The van der Waals surface area contributed by atoms with Crippen LogP contribution in [-0.2, 0) is 0 Å². The Labute approximate surface area is 151 Å². The van der Waals surface area contributed by atoms with Crippen LogP contribution in [0.4, 0.5) is 0 Å². The highest BCUT2D eigenvalue weighted by Crippen LogP contribution is 2.35. The van der Waals surface area contributed by atoms with E-state index in [1.54, 1.807) is 42.5 Å². The van der Waals surface area contributed by atoms with Crippen molar-refractivity contribution in [3.63, 3.8) is 0 Å². The molecule has 1 aliphatic carbocycles. The van der Waals surface area contributed by atoms with Crippen LogP contribution >= 0.6 is 0 Å². The number of carbonyl (C=O) groups excluding carboxylic acids is 2. The van der Waals surface area contributed by atoms with Crippen molar-refractivity contribution in [3.05, 3.63) is 70.8 Å². The van der Waals surface area contributed by atoms with E-state index >= 15 is 0 Å². The molecule has 0 saturated heterocycles. The molecule has 1 aliphatic rings. The van der Waals surface area contributed by atoms with Crippen molar-refractivity contribution in [1.29, 1.82) is 0 Å². The minimum atomic E-state index is -1.23. The molecule has 0 heterocycles. The lowest BCUT2D eigenvalue weighted by Gasteiger charge is -2.20. The summed E-state index contributed by atoms with van der Waals surface area (Å²) in [5.74, 6) is 0.418. The molecule has 0 unspecified atom stereocenters. The zero-order chi connectivity index (χ0) is 18.7. The van der Waals surface area contributed by atoms with E-state index < -0.39 is 6.10 Å². The van der Waals surface area contributed by atoms with E-state index in [0.29, 0.717) is 41.4 Å². The molecule has 26 heavy (non-hydrogen) atoms. The van der Waals surface area contributed by atoms with Gasteiger partial charge >= 0.3 is 0 Å². The molecule has 0 aromatic heterocycles. The van der Waals surface area contributed by atoms with Gasteiger partial charge < -0.3 is 14.6 Å². The van der Waals surface area contributed by atoms with Crippen molar-refractivity contribution >= 4 is 11.6 Å². The molecule has 5 nitrogen and oxygen atoms in total. The topological polar surface area (TPSA) is 72.8 Å². The van der Waals surface area contributed by atoms with Crippen molar-refractivity contribution in [1.82, 2.24) is 0 Å². The largest absolute Gasteiger partial charge is 0.490 e. The molecular formula is C21H20O5. The third-order valence-electron chi connectivity index (χ3n) is 4.16. The Morgan fingerprint density at radius 2 is 1.58 bits per heavy atom. The van der Waals surface area contributed by atoms with Gasteiger partial charge in [-0.05, 0) is 37.6 Å². The van der Waals surface area contributed by atoms with Crippen molar-refractivity contribution in [2.45, 2.75) is 20.0 Å². The molecule has 0 bridgehead atoms. The summed E-state index contributed by atoms with van der Waals surface area (Å²) in [4.78, 5) is 25.0. The number of benzene rings is 2. The summed E-state index contributed by atoms with van der Waals surface area (Å²) in [6.07, 6.45) is -0.0127. The summed E-state index contributed by atoms with van der Waals surface area (Å²) in [6.45, 7) is 4.64. The quantitative estimate of drug-likeness (QED) is 0.861. The molecule has 0 spiro atoms. The minimum Gasteiger partial charge on any atom is -0.490 e. The van der Waals surface area contributed by atoms with Crippen LogP contribution in [-0.4, -0.2) is 29.9 Å². The minimum absolute atomic E-state index is 0.0558. The Morgan fingerprint density at radius 3 is 2.27 bits per heavy atom. The molecule has 0 saturated carbocycles. The molecule has 0 amide bonds. The Morgan fingerprint density at radius 1 is 0.923 bits per heavy atom. The Bertz CT molecular complexity index is 882. The number of ether oxygens (including phenoxy) is 2. The van der Waals surface area contributed by atoms with E-state index in [9.17, 15) is 14.7 Å². The molecule has 1 atom stereocenters. The van der Waals surface area contributed by atoms with Crippen molar-refractivity contribution < 1.29 is 24.2 Å². The van der Waals surface area contributed by atoms with Gasteiger partial charge in [-0.25, -0.2) is 0 Å². The van der Waals surface area contributed by atoms with Gasteiger partial charge in [-0.1, -0.05) is 30.3 Å². The van der Waals surface area contributed by atoms with Crippen LogP contribution < -0.4 is 9.47 Å². The summed E-state index contributed by atoms with van der Waals surface area (Å²) >= 11 is 0. The number of hydrogen-bond donors (Lipinski definition) is 1. The maximum Gasteiger partial charge on any atom is 0.192 e. The van der Waals surface area contributed by atoms with E-state index in [2.05, 4.69) is 0 Å². The lowest BCUT2D eigenvalue weighted by atomic mass is 9.85. The van der Waals surface area contributed by atoms with Gasteiger partial charge in [0.25, 0.3) is 0 Å². The molecule has 0 fully saturated rings. The van der Waals surface area contributed by atoms with Gasteiger partial charge in [0.2, 0.25) is 0 Å². The highest BCUT2D eigenvalue weighted by atomic mass is 16.5. The first-order chi connectivity index (χ1) is 12.6. The maximum atomic E-state index is 12.7. The van der Waals surface area contributed by atoms with Crippen LogP contribution in [0.5, 0.6) is 11.5 Å². The molecule has 0 radical (unpaired) electrons. The third kappa shape index (κ3) is 3.26. The van der Waals surface area contributed by atoms with Gasteiger partial charge in [0, 0.05) is 16.7 Å². The first-order valence-corrected chi connectivity index (χ1v) is 8.54.